The van der Waals surface area contributed by atoms with Crippen molar-refractivity contribution >= 4 is 11.7 Å². The summed E-state index contributed by atoms with van der Waals surface area (Å²) in [5, 5.41) is 14.6. The highest BCUT2D eigenvalue weighted by Crippen LogP contribution is 2.68. The Morgan fingerprint density at radius 2 is 2.26 bits per heavy atom. The summed E-state index contributed by atoms with van der Waals surface area (Å²) < 4.78 is 11.6. The van der Waals surface area contributed by atoms with E-state index in [1.165, 1.54) is 12.7 Å². The molecule has 0 aromatic heterocycles. The standard InChI is InChI=1S/C21H24N2O4/c1-11(24)21-9-12-10-23-8-7-20(19(21)23)13-5-3-4-6-14(13)22-16(20)15(17(21)27-12)18(25)26-2/h3-6,11-12,17,19,22,24H,7-10H2,1-2H3. The van der Waals surface area contributed by atoms with Crippen molar-refractivity contribution in [3.8, 4) is 0 Å². The van der Waals surface area contributed by atoms with Gasteiger partial charge in [-0.25, -0.2) is 4.79 Å². The number of carbonyl (C=O) groups is 1. The second kappa shape index (κ2) is 4.93. The van der Waals surface area contributed by atoms with Crippen LogP contribution < -0.4 is 5.32 Å². The number of piperidine rings is 1. The number of fused-ring (bicyclic) bond motifs is 2. The van der Waals surface area contributed by atoms with Crippen LogP contribution in [-0.4, -0.2) is 60.5 Å². The predicted molar refractivity (Wildman–Crippen MR) is 98.2 cm³/mol. The van der Waals surface area contributed by atoms with Crippen LogP contribution >= 0.6 is 0 Å². The SMILES string of the molecule is COC(=O)C1=C2Nc3ccccc3C23CCN2CC4CC(C(C)O)(C1O4)C23. The number of nitrogens with one attached hydrogen (secondary N) is 1. The Balaban J connectivity index is 1.72. The Hall–Kier alpha value is -1.89. The molecular weight excluding hydrogens is 344 g/mol. The van der Waals surface area contributed by atoms with Crippen LogP contribution in [0.4, 0.5) is 5.69 Å². The first-order valence-corrected chi connectivity index (χ1v) is 9.81. The third-order valence-corrected chi connectivity index (χ3v) is 7.80. The van der Waals surface area contributed by atoms with Crippen molar-refractivity contribution in [1.82, 2.24) is 4.90 Å². The van der Waals surface area contributed by atoms with Crippen molar-refractivity contribution in [3.05, 3.63) is 41.1 Å². The van der Waals surface area contributed by atoms with Gasteiger partial charge in [0, 0.05) is 29.4 Å². The van der Waals surface area contributed by atoms with Crippen molar-refractivity contribution in [2.24, 2.45) is 5.41 Å². The molecule has 1 aromatic carbocycles. The summed E-state index contributed by atoms with van der Waals surface area (Å²) in [4.78, 5) is 15.5. The van der Waals surface area contributed by atoms with Gasteiger partial charge in [0.15, 0.2) is 0 Å². The largest absolute Gasteiger partial charge is 0.466 e. The van der Waals surface area contributed by atoms with Crippen molar-refractivity contribution in [1.29, 1.82) is 0 Å². The summed E-state index contributed by atoms with van der Waals surface area (Å²) in [6.07, 6.45) is 0.752. The number of anilines is 1. The lowest BCUT2D eigenvalue weighted by atomic mass is 9.52. The van der Waals surface area contributed by atoms with Gasteiger partial charge in [0.05, 0.1) is 30.3 Å². The highest BCUT2D eigenvalue weighted by Gasteiger charge is 2.75. The molecule has 2 bridgehead atoms. The number of aliphatic hydroxyl groups is 1. The minimum absolute atomic E-state index is 0.0466. The van der Waals surface area contributed by atoms with Gasteiger partial charge in [0.2, 0.25) is 0 Å². The predicted octanol–water partition coefficient (Wildman–Crippen LogP) is 1.40. The maximum atomic E-state index is 13.0. The van der Waals surface area contributed by atoms with Crippen LogP contribution in [0.25, 0.3) is 0 Å². The van der Waals surface area contributed by atoms with Crippen molar-refractivity contribution in [3.63, 3.8) is 0 Å². The van der Waals surface area contributed by atoms with Crippen molar-refractivity contribution in [2.75, 3.05) is 25.5 Å². The number of hydrogen-bond acceptors (Lipinski definition) is 6. The number of ether oxygens (including phenoxy) is 2. The van der Waals surface area contributed by atoms with Crippen molar-refractivity contribution < 1.29 is 19.4 Å². The number of carbonyl (C=O) groups excluding carboxylic acids is 1. The first-order valence-electron chi connectivity index (χ1n) is 9.81. The molecule has 1 spiro atoms. The van der Waals surface area contributed by atoms with Crippen LogP contribution in [0.3, 0.4) is 0 Å². The molecule has 0 radical (unpaired) electrons. The van der Waals surface area contributed by atoms with Gasteiger partial charge >= 0.3 is 5.97 Å². The molecule has 2 N–H and O–H groups in total. The van der Waals surface area contributed by atoms with Crippen LogP contribution in [0, 0.1) is 5.41 Å². The zero-order chi connectivity index (χ0) is 18.6. The Morgan fingerprint density at radius 3 is 3.04 bits per heavy atom. The minimum Gasteiger partial charge on any atom is -0.466 e. The van der Waals surface area contributed by atoms with E-state index in [1.807, 2.05) is 13.0 Å². The molecular formula is C21H24N2O4. The quantitative estimate of drug-likeness (QED) is 0.769. The lowest BCUT2D eigenvalue weighted by Crippen LogP contribution is -2.66. The van der Waals surface area contributed by atoms with E-state index in [2.05, 4.69) is 28.4 Å². The van der Waals surface area contributed by atoms with Crippen molar-refractivity contribution in [2.45, 2.75) is 49.5 Å². The zero-order valence-electron chi connectivity index (χ0n) is 15.6. The highest BCUT2D eigenvalue weighted by molar-refractivity contribution is 5.94. The van der Waals surface area contributed by atoms with E-state index >= 15 is 0 Å². The van der Waals surface area contributed by atoms with Crippen LogP contribution in [0.15, 0.2) is 35.5 Å². The second-order valence-electron chi connectivity index (χ2n) is 8.70. The molecule has 0 saturated carbocycles. The normalized spacial score (nSPS) is 41.8. The molecule has 6 rings (SSSR count). The average Bonchev–Trinajstić information content (AvgIpc) is 3.31. The van der Waals surface area contributed by atoms with Crippen LogP contribution in [0.2, 0.25) is 0 Å². The Kier molecular flexibility index (Phi) is 2.94. The maximum Gasteiger partial charge on any atom is 0.338 e. The molecule has 6 unspecified atom stereocenters. The monoisotopic (exact) mass is 368 g/mol. The third-order valence-electron chi connectivity index (χ3n) is 7.80. The molecule has 5 aliphatic rings. The molecule has 4 heterocycles. The first-order chi connectivity index (χ1) is 13.0. The molecule has 1 aliphatic carbocycles. The number of esters is 1. The van der Waals surface area contributed by atoms with E-state index in [1.54, 1.807) is 0 Å². The Bertz CT molecular complexity index is 896. The molecule has 142 valence electrons. The van der Waals surface area contributed by atoms with E-state index in [0.717, 1.165) is 37.3 Å². The lowest BCUT2D eigenvalue weighted by molar-refractivity contribution is -0.140. The Labute approximate surface area is 158 Å². The lowest BCUT2D eigenvalue weighted by Gasteiger charge is -2.55. The van der Waals surface area contributed by atoms with Gasteiger partial charge in [-0.15, -0.1) is 0 Å². The summed E-state index contributed by atoms with van der Waals surface area (Å²) in [6, 6.07) is 8.45. The molecule has 27 heavy (non-hydrogen) atoms. The second-order valence-corrected chi connectivity index (χ2v) is 8.70. The van der Waals surface area contributed by atoms with Gasteiger partial charge in [-0.3, -0.25) is 4.90 Å². The highest BCUT2D eigenvalue weighted by atomic mass is 16.5. The molecule has 0 amide bonds. The van der Waals surface area contributed by atoms with Gasteiger partial charge in [-0.1, -0.05) is 18.2 Å². The molecule has 1 aromatic rings. The summed E-state index contributed by atoms with van der Waals surface area (Å²) in [5.74, 6) is -0.348. The molecule has 3 fully saturated rings. The van der Waals surface area contributed by atoms with Crippen LogP contribution in [-0.2, 0) is 19.7 Å². The van der Waals surface area contributed by atoms with E-state index in [4.69, 9.17) is 9.47 Å². The molecule has 6 nitrogen and oxygen atoms in total. The fourth-order valence-corrected chi connectivity index (χ4v) is 7.00. The van der Waals surface area contributed by atoms with Gasteiger partial charge in [0.1, 0.15) is 6.10 Å². The van der Waals surface area contributed by atoms with Gasteiger partial charge < -0.3 is 19.9 Å². The number of hydrogen-bond donors (Lipinski definition) is 2. The minimum atomic E-state index is -0.579. The fraction of sp³-hybridized carbons (Fsp3) is 0.571. The van der Waals surface area contributed by atoms with E-state index < -0.39 is 17.6 Å². The topological polar surface area (TPSA) is 71.0 Å². The third kappa shape index (κ3) is 1.59. The summed E-state index contributed by atoms with van der Waals surface area (Å²) in [7, 11) is 1.42. The smallest absolute Gasteiger partial charge is 0.338 e. The molecule has 6 atom stereocenters. The Morgan fingerprint density at radius 1 is 1.44 bits per heavy atom. The van der Waals surface area contributed by atoms with E-state index in [0.29, 0.717) is 5.57 Å². The maximum absolute atomic E-state index is 13.0. The van der Waals surface area contributed by atoms with Gasteiger partial charge in [-0.05, 0) is 37.9 Å². The van der Waals surface area contributed by atoms with E-state index in [9.17, 15) is 9.90 Å². The average molecular weight is 368 g/mol. The van der Waals surface area contributed by atoms with Crippen LogP contribution in [0.5, 0.6) is 0 Å². The number of benzene rings is 1. The molecule has 6 heteroatoms. The zero-order valence-corrected chi connectivity index (χ0v) is 15.6. The van der Waals surface area contributed by atoms with E-state index in [-0.39, 0.29) is 23.5 Å². The van der Waals surface area contributed by atoms with Crippen LogP contribution in [0.1, 0.15) is 25.3 Å². The first kappa shape index (κ1) is 16.1. The number of methoxy groups -OCH3 is 1. The number of rotatable bonds is 2. The fourth-order valence-electron chi connectivity index (χ4n) is 7.00. The summed E-state index contributed by atoms with van der Waals surface area (Å²) >= 11 is 0. The molecule has 3 saturated heterocycles. The van der Waals surface area contributed by atoms with Gasteiger partial charge in [0.25, 0.3) is 0 Å². The number of aliphatic hydroxyl groups excluding tert-OH is 1. The molecule has 4 aliphatic heterocycles. The number of para-hydroxylation sites is 1. The number of nitrogens with zero attached hydrogens (tertiary/aromatic N) is 1. The summed E-state index contributed by atoms with van der Waals surface area (Å²) in [6.45, 7) is 3.67. The van der Waals surface area contributed by atoms with Gasteiger partial charge in [-0.2, -0.15) is 0 Å². The summed E-state index contributed by atoms with van der Waals surface area (Å²) in [5.41, 5.74) is 3.00.